The topological polar surface area (TPSA) is 43.4 Å². The molecule has 0 spiro atoms. The number of benzene rings is 1. The summed E-state index contributed by atoms with van der Waals surface area (Å²) in [6, 6.07) is 9.24. The normalized spacial score (nSPS) is 34.1. The lowest BCUT2D eigenvalue weighted by atomic mass is 9.96. The molecule has 1 heterocycles. The summed E-state index contributed by atoms with van der Waals surface area (Å²) >= 11 is 0. The van der Waals surface area contributed by atoms with E-state index in [1.54, 1.807) is 6.92 Å². The predicted octanol–water partition coefficient (Wildman–Crippen LogP) is 2.11. The molecule has 3 atom stereocenters. The van der Waals surface area contributed by atoms with Crippen molar-refractivity contribution in [3.05, 3.63) is 35.9 Å². The minimum absolute atomic E-state index is 0.00241. The molecule has 0 aromatic heterocycles. The Hall–Kier alpha value is -0.870. The summed E-state index contributed by atoms with van der Waals surface area (Å²) in [5.41, 5.74) is 0.814. The van der Waals surface area contributed by atoms with E-state index in [9.17, 15) is 8.42 Å². The highest BCUT2D eigenvalue weighted by molar-refractivity contribution is 7.87. The third-order valence-corrected chi connectivity index (χ3v) is 4.84. The van der Waals surface area contributed by atoms with Crippen LogP contribution in [-0.2, 0) is 14.3 Å². The van der Waals surface area contributed by atoms with Crippen LogP contribution in [0.2, 0.25) is 0 Å². The van der Waals surface area contributed by atoms with Gasteiger partial charge in [0.25, 0.3) is 10.1 Å². The van der Waals surface area contributed by atoms with E-state index in [1.807, 2.05) is 37.3 Å². The van der Waals surface area contributed by atoms with Crippen molar-refractivity contribution in [3.8, 4) is 0 Å². The van der Waals surface area contributed by atoms with Gasteiger partial charge in [-0.3, -0.25) is 4.18 Å². The second-order valence-corrected chi connectivity index (χ2v) is 5.67. The first-order valence-corrected chi connectivity index (χ1v) is 6.46. The lowest BCUT2D eigenvalue weighted by molar-refractivity contribution is 0.213. The summed E-state index contributed by atoms with van der Waals surface area (Å²) in [4.78, 5) is 0. The van der Waals surface area contributed by atoms with Gasteiger partial charge in [-0.2, -0.15) is 8.42 Å². The van der Waals surface area contributed by atoms with Crippen molar-refractivity contribution in [1.82, 2.24) is 0 Å². The Morgan fingerprint density at radius 3 is 2.20 bits per heavy atom. The smallest absolute Gasteiger partial charge is 0.266 e. The average Bonchev–Trinajstić information content (AvgIpc) is 2.37. The van der Waals surface area contributed by atoms with Gasteiger partial charge < -0.3 is 0 Å². The fourth-order valence-electron chi connectivity index (χ4n) is 1.98. The minimum Gasteiger partial charge on any atom is -0.266 e. The van der Waals surface area contributed by atoms with Gasteiger partial charge in [-0.05, 0) is 12.5 Å². The van der Waals surface area contributed by atoms with Gasteiger partial charge >= 0.3 is 0 Å². The van der Waals surface area contributed by atoms with Crippen LogP contribution in [0.15, 0.2) is 30.3 Å². The van der Waals surface area contributed by atoms with Crippen LogP contribution in [0.5, 0.6) is 0 Å². The largest absolute Gasteiger partial charge is 0.275 e. The number of rotatable bonds is 1. The van der Waals surface area contributed by atoms with Crippen molar-refractivity contribution in [1.29, 1.82) is 0 Å². The molecule has 1 aromatic rings. The lowest BCUT2D eigenvalue weighted by Gasteiger charge is -2.13. The van der Waals surface area contributed by atoms with Gasteiger partial charge in [0.2, 0.25) is 0 Å². The van der Waals surface area contributed by atoms with Crippen LogP contribution in [0.3, 0.4) is 0 Å². The van der Waals surface area contributed by atoms with Crippen molar-refractivity contribution in [2.75, 3.05) is 0 Å². The van der Waals surface area contributed by atoms with E-state index in [0.717, 1.165) is 5.56 Å². The zero-order valence-corrected chi connectivity index (χ0v) is 9.57. The molecule has 15 heavy (non-hydrogen) atoms. The highest BCUT2D eigenvalue weighted by Gasteiger charge is 2.44. The van der Waals surface area contributed by atoms with Crippen LogP contribution in [0.4, 0.5) is 0 Å². The molecule has 1 unspecified atom stereocenters. The molecule has 4 heteroatoms. The summed E-state index contributed by atoms with van der Waals surface area (Å²) < 4.78 is 28.5. The lowest BCUT2D eigenvalue weighted by Crippen LogP contribution is -2.13. The second kappa shape index (κ2) is 3.61. The summed E-state index contributed by atoms with van der Waals surface area (Å²) in [5, 5.41) is -0.520. The molecule has 0 bridgehead atoms. The zero-order chi connectivity index (χ0) is 11.1. The van der Waals surface area contributed by atoms with E-state index in [2.05, 4.69) is 0 Å². The van der Waals surface area contributed by atoms with Crippen molar-refractivity contribution >= 4 is 10.1 Å². The third kappa shape index (κ3) is 1.79. The van der Waals surface area contributed by atoms with Crippen LogP contribution < -0.4 is 0 Å². The van der Waals surface area contributed by atoms with Crippen molar-refractivity contribution in [2.45, 2.75) is 25.2 Å². The minimum atomic E-state index is -3.44. The van der Waals surface area contributed by atoms with Crippen molar-refractivity contribution in [2.24, 2.45) is 5.92 Å². The van der Waals surface area contributed by atoms with Gasteiger partial charge in [0.05, 0.1) is 6.10 Å². The Labute approximate surface area is 90.2 Å². The molecule has 3 nitrogen and oxygen atoms in total. The van der Waals surface area contributed by atoms with E-state index in [1.165, 1.54) is 0 Å². The number of hydrogen-bond donors (Lipinski definition) is 0. The molecular formula is C11H14O3S. The molecule has 1 fully saturated rings. The van der Waals surface area contributed by atoms with Crippen molar-refractivity contribution < 1.29 is 12.6 Å². The molecule has 1 aliphatic heterocycles. The van der Waals surface area contributed by atoms with E-state index in [0.29, 0.717) is 0 Å². The summed E-state index contributed by atoms with van der Waals surface area (Å²) in [6.45, 7) is 3.71. The molecular weight excluding hydrogens is 212 g/mol. The molecule has 1 aromatic carbocycles. The fourth-order valence-corrected chi connectivity index (χ4v) is 3.94. The molecule has 0 aliphatic carbocycles. The maximum atomic E-state index is 11.8. The zero-order valence-electron chi connectivity index (χ0n) is 8.75. The molecule has 1 aliphatic rings. The first kappa shape index (κ1) is 10.6. The van der Waals surface area contributed by atoms with Gasteiger partial charge in [0.1, 0.15) is 5.25 Å². The van der Waals surface area contributed by atoms with Crippen LogP contribution >= 0.6 is 0 Å². The maximum absolute atomic E-state index is 11.8. The Morgan fingerprint density at radius 2 is 1.73 bits per heavy atom. The van der Waals surface area contributed by atoms with Crippen LogP contribution in [0, 0.1) is 5.92 Å². The quantitative estimate of drug-likeness (QED) is 0.689. The maximum Gasteiger partial charge on any atom is 0.275 e. The fraction of sp³-hybridized carbons (Fsp3) is 0.455. The Kier molecular flexibility index (Phi) is 2.56. The first-order valence-electron chi connectivity index (χ1n) is 4.99. The van der Waals surface area contributed by atoms with Crippen molar-refractivity contribution in [3.63, 3.8) is 0 Å². The number of hydrogen-bond acceptors (Lipinski definition) is 3. The second-order valence-electron chi connectivity index (χ2n) is 3.98. The van der Waals surface area contributed by atoms with E-state index in [-0.39, 0.29) is 12.0 Å². The van der Waals surface area contributed by atoms with E-state index < -0.39 is 15.4 Å². The van der Waals surface area contributed by atoms with E-state index in [4.69, 9.17) is 4.18 Å². The molecule has 0 amide bonds. The third-order valence-electron chi connectivity index (χ3n) is 2.94. The monoisotopic (exact) mass is 226 g/mol. The first-order chi connectivity index (χ1) is 7.02. The standard InChI is InChI=1S/C11H14O3S/c1-8-9(2)14-15(12,13)11(8)10-6-4-3-5-7-10/h3-9,11H,1-2H3/t8-,9+,11?/m1/s1. The van der Waals surface area contributed by atoms with E-state index >= 15 is 0 Å². The highest BCUT2D eigenvalue weighted by Crippen LogP contribution is 2.41. The van der Waals surface area contributed by atoms with Gasteiger partial charge in [0.15, 0.2) is 0 Å². The summed E-state index contributed by atoms with van der Waals surface area (Å²) in [7, 11) is -3.44. The Balaban J connectivity index is 2.45. The van der Waals surface area contributed by atoms with Gasteiger partial charge in [-0.25, -0.2) is 0 Å². The molecule has 0 saturated carbocycles. The predicted molar refractivity (Wildman–Crippen MR) is 57.8 cm³/mol. The highest BCUT2D eigenvalue weighted by atomic mass is 32.2. The molecule has 1 saturated heterocycles. The van der Waals surface area contributed by atoms with Gasteiger partial charge in [0, 0.05) is 5.92 Å². The van der Waals surface area contributed by atoms with Gasteiger partial charge in [-0.15, -0.1) is 0 Å². The van der Waals surface area contributed by atoms with Crippen LogP contribution in [0.25, 0.3) is 0 Å². The molecule has 0 N–H and O–H groups in total. The molecule has 82 valence electrons. The van der Waals surface area contributed by atoms with Gasteiger partial charge in [-0.1, -0.05) is 37.3 Å². The Bertz CT molecular complexity index is 438. The van der Waals surface area contributed by atoms with Crippen LogP contribution in [-0.4, -0.2) is 14.5 Å². The molecule has 2 rings (SSSR count). The molecule has 0 radical (unpaired) electrons. The SMILES string of the molecule is C[C@@H]1OS(=O)(=O)C(c2ccccc2)[C@@H]1C. The Morgan fingerprint density at radius 1 is 1.13 bits per heavy atom. The summed E-state index contributed by atoms with van der Waals surface area (Å²) in [6.07, 6.45) is -0.236. The average molecular weight is 226 g/mol. The summed E-state index contributed by atoms with van der Waals surface area (Å²) in [5.74, 6) is -0.00241. The van der Waals surface area contributed by atoms with Crippen LogP contribution in [0.1, 0.15) is 24.7 Å².